The summed E-state index contributed by atoms with van der Waals surface area (Å²) in [5, 5.41) is 11.5. The third-order valence-electron chi connectivity index (χ3n) is 3.88. The number of rotatable bonds is 5. The monoisotopic (exact) mass is 280 g/mol. The van der Waals surface area contributed by atoms with Gasteiger partial charge < -0.3 is 19.9 Å². The molecule has 2 N–H and O–H groups in total. The molecule has 1 aliphatic rings. The Hall–Kier alpha value is -1.56. The Morgan fingerprint density at radius 3 is 2.90 bits per heavy atom. The Morgan fingerprint density at radius 2 is 2.35 bits per heavy atom. The molecule has 1 aliphatic heterocycles. The van der Waals surface area contributed by atoms with Crippen molar-refractivity contribution in [3.63, 3.8) is 0 Å². The van der Waals surface area contributed by atoms with Gasteiger partial charge in [-0.1, -0.05) is 13.8 Å². The molecule has 1 fully saturated rings. The van der Waals surface area contributed by atoms with Crippen LogP contribution in [0.5, 0.6) is 0 Å². The molecule has 6 nitrogen and oxygen atoms in total. The quantitative estimate of drug-likeness (QED) is 0.863. The summed E-state index contributed by atoms with van der Waals surface area (Å²) < 4.78 is 2.08. The second-order valence-corrected chi connectivity index (χ2v) is 6.08. The van der Waals surface area contributed by atoms with Gasteiger partial charge in [-0.05, 0) is 31.8 Å². The van der Waals surface area contributed by atoms with Gasteiger partial charge in [-0.2, -0.15) is 0 Å². The highest BCUT2D eigenvalue weighted by atomic mass is 16.4. The topological polar surface area (TPSA) is 70.4 Å². The van der Waals surface area contributed by atoms with Gasteiger partial charge in [0.25, 0.3) is 0 Å². The van der Waals surface area contributed by atoms with Gasteiger partial charge in [-0.25, -0.2) is 9.78 Å². The van der Waals surface area contributed by atoms with E-state index in [1.807, 2.05) is 26.4 Å². The SMILES string of the molecule is CC(C)[C@H](NC(=O)O)c1cn(CC2CCN(C)C2)cn1. The molecule has 1 saturated heterocycles. The van der Waals surface area contributed by atoms with Crippen LogP contribution in [0.4, 0.5) is 4.79 Å². The van der Waals surface area contributed by atoms with E-state index in [-0.39, 0.29) is 12.0 Å². The number of hydrogen-bond acceptors (Lipinski definition) is 3. The molecule has 2 rings (SSSR count). The summed E-state index contributed by atoms with van der Waals surface area (Å²) in [6.45, 7) is 7.21. The number of amides is 1. The van der Waals surface area contributed by atoms with Crippen LogP contribution in [0.2, 0.25) is 0 Å². The van der Waals surface area contributed by atoms with E-state index in [0.29, 0.717) is 5.92 Å². The maximum atomic E-state index is 10.9. The summed E-state index contributed by atoms with van der Waals surface area (Å²) in [6.07, 6.45) is 3.99. The second-order valence-electron chi connectivity index (χ2n) is 6.08. The number of carbonyl (C=O) groups is 1. The van der Waals surface area contributed by atoms with Crippen molar-refractivity contribution in [2.45, 2.75) is 32.9 Å². The highest BCUT2D eigenvalue weighted by molar-refractivity contribution is 5.65. The van der Waals surface area contributed by atoms with E-state index in [2.05, 4.69) is 26.8 Å². The molecule has 0 bridgehead atoms. The lowest BCUT2D eigenvalue weighted by atomic mass is 10.0. The number of nitrogens with one attached hydrogen (secondary N) is 1. The zero-order valence-corrected chi connectivity index (χ0v) is 12.4. The van der Waals surface area contributed by atoms with Crippen molar-refractivity contribution in [3.05, 3.63) is 18.2 Å². The van der Waals surface area contributed by atoms with Crippen LogP contribution in [0.15, 0.2) is 12.5 Å². The Kier molecular flexibility index (Phi) is 4.65. The summed E-state index contributed by atoms with van der Waals surface area (Å²) in [4.78, 5) is 17.6. The first kappa shape index (κ1) is 14.8. The molecular weight excluding hydrogens is 256 g/mol. The standard InChI is InChI=1S/C14H24N4O2/c1-10(2)13(16-14(19)20)12-8-18(9-15-12)7-11-4-5-17(3)6-11/h8-11,13,16H,4-7H2,1-3H3,(H,19,20)/t11?,13-/m0/s1. The number of likely N-dealkylation sites (tertiary alicyclic amines) is 1. The Labute approximate surface area is 119 Å². The van der Waals surface area contributed by atoms with Gasteiger partial charge >= 0.3 is 6.09 Å². The zero-order valence-electron chi connectivity index (χ0n) is 12.4. The smallest absolute Gasteiger partial charge is 0.405 e. The molecule has 2 atom stereocenters. The van der Waals surface area contributed by atoms with E-state index >= 15 is 0 Å². The normalized spacial score (nSPS) is 21.3. The van der Waals surface area contributed by atoms with Gasteiger partial charge in [0, 0.05) is 19.3 Å². The summed E-state index contributed by atoms with van der Waals surface area (Å²) in [5.41, 5.74) is 0.800. The largest absolute Gasteiger partial charge is 0.465 e. The Bertz CT molecular complexity index is 458. The maximum Gasteiger partial charge on any atom is 0.405 e. The first-order chi connectivity index (χ1) is 9.45. The molecule has 0 aliphatic carbocycles. The molecule has 0 spiro atoms. The average molecular weight is 280 g/mol. The summed E-state index contributed by atoms with van der Waals surface area (Å²) in [5.74, 6) is 0.832. The first-order valence-electron chi connectivity index (χ1n) is 7.15. The summed E-state index contributed by atoms with van der Waals surface area (Å²) in [6, 6.07) is -0.250. The van der Waals surface area contributed by atoms with Crippen molar-refractivity contribution in [2.75, 3.05) is 20.1 Å². The fourth-order valence-corrected chi connectivity index (χ4v) is 2.83. The molecule has 20 heavy (non-hydrogen) atoms. The molecule has 0 saturated carbocycles. The highest BCUT2D eigenvalue weighted by Crippen LogP contribution is 2.21. The molecule has 2 heterocycles. The summed E-state index contributed by atoms with van der Waals surface area (Å²) >= 11 is 0. The molecule has 1 aromatic rings. The van der Waals surface area contributed by atoms with E-state index < -0.39 is 6.09 Å². The van der Waals surface area contributed by atoms with E-state index in [1.54, 1.807) is 0 Å². The predicted molar refractivity (Wildman–Crippen MR) is 76.6 cm³/mol. The minimum Gasteiger partial charge on any atom is -0.465 e. The van der Waals surface area contributed by atoms with Crippen LogP contribution in [0.1, 0.15) is 32.0 Å². The lowest BCUT2D eigenvalue weighted by molar-refractivity contribution is 0.185. The fraction of sp³-hybridized carbons (Fsp3) is 0.714. The van der Waals surface area contributed by atoms with Gasteiger partial charge in [-0.3, -0.25) is 0 Å². The van der Waals surface area contributed by atoms with Crippen molar-refractivity contribution in [3.8, 4) is 0 Å². The third-order valence-corrected chi connectivity index (χ3v) is 3.88. The van der Waals surface area contributed by atoms with Gasteiger partial charge in [0.2, 0.25) is 0 Å². The maximum absolute atomic E-state index is 10.9. The van der Waals surface area contributed by atoms with E-state index in [0.717, 1.165) is 25.3 Å². The van der Waals surface area contributed by atoms with E-state index in [4.69, 9.17) is 5.11 Å². The number of nitrogens with zero attached hydrogens (tertiary/aromatic N) is 3. The average Bonchev–Trinajstić information content (AvgIpc) is 2.96. The van der Waals surface area contributed by atoms with E-state index in [1.165, 1.54) is 6.42 Å². The van der Waals surface area contributed by atoms with Crippen LogP contribution in [-0.2, 0) is 6.54 Å². The molecule has 1 unspecified atom stereocenters. The second kappa shape index (κ2) is 6.26. The molecule has 6 heteroatoms. The lowest BCUT2D eigenvalue weighted by Crippen LogP contribution is -2.30. The van der Waals surface area contributed by atoms with Gasteiger partial charge in [0.05, 0.1) is 18.1 Å². The molecule has 1 aromatic heterocycles. The molecule has 0 radical (unpaired) electrons. The van der Waals surface area contributed by atoms with E-state index in [9.17, 15) is 4.79 Å². The van der Waals surface area contributed by atoms with Gasteiger partial charge in [0.1, 0.15) is 0 Å². The van der Waals surface area contributed by atoms with Crippen LogP contribution in [0.25, 0.3) is 0 Å². The minimum atomic E-state index is -1.00. The number of hydrogen-bond donors (Lipinski definition) is 2. The number of imidazole rings is 1. The highest BCUT2D eigenvalue weighted by Gasteiger charge is 2.22. The third kappa shape index (κ3) is 3.72. The van der Waals surface area contributed by atoms with Crippen molar-refractivity contribution in [1.29, 1.82) is 0 Å². The van der Waals surface area contributed by atoms with Gasteiger partial charge in [0.15, 0.2) is 0 Å². The van der Waals surface area contributed by atoms with Crippen molar-refractivity contribution in [1.82, 2.24) is 19.8 Å². The van der Waals surface area contributed by atoms with Crippen molar-refractivity contribution in [2.24, 2.45) is 11.8 Å². The zero-order chi connectivity index (χ0) is 14.7. The van der Waals surface area contributed by atoms with Crippen LogP contribution in [0, 0.1) is 11.8 Å². The van der Waals surface area contributed by atoms with Crippen LogP contribution >= 0.6 is 0 Å². The number of carboxylic acid groups (broad SMARTS) is 1. The van der Waals surface area contributed by atoms with Crippen LogP contribution in [-0.4, -0.2) is 45.8 Å². The van der Waals surface area contributed by atoms with Crippen LogP contribution < -0.4 is 5.32 Å². The van der Waals surface area contributed by atoms with Crippen molar-refractivity contribution >= 4 is 6.09 Å². The Morgan fingerprint density at radius 1 is 1.60 bits per heavy atom. The summed E-state index contributed by atoms with van der Waals surface area (Å²) in [7, 11) is 2.14. The van der Waals surface area contributed by atoms with Gasteiger partial charge in [-0.15, -0.1) is 0 Å². The minimum absolute atomic E-state index is 0.173. The Balaban J connectivity index is 2.01. The van der Waals surface area contributed by atoms with Crippen molar-refractivity contribution < 1.29 is 9.90 Å². The fourth-order valence-electron chi connectivity index (χ4n) is 2.83. The molecule has 1 amide bonds. The predicted octanol–water partition coefficient (Wildman–Crippen LogP) is 1.80. The van der Waals surface area contributed by atoms with Crippen LogP contribution in [0.3, 0.4) is 0 Å². The number of aromatic nitrogens is 2. The molecule has 112 valence electrons. The first-order valence-corrected chi connectivity index (χ1v) is 7.15. The molecular formula is C14H24N4O2. The lowest BCUT2D eigenvalue weighted by Gasteiger charge is -2.18. The molecule has 0 aromatic carbocycles.